The number of ether oxygens (including phenoxy) is 1. The summed E-state index contributed by atoms with van der Waals surface area (Å²) in [5, 5.41) is 0. The zero-order valence-corrected chi connectivity index (χ0v) is 17.5. The number of rotatable bonds is 8. The predicted molar refractivity (Wildman–Crippen MR) is 110 cm³/mol. The van der Waals surface area contributed by atoms with Crippen LogP contribution in [0.5, 0.6) is 0 Å². The molecule has 0 spiro atoms. The quantitative estimate of drug-likeness (QED) is 0.306. The minimum Gasteiger partial charge on any atom is -0.491 e. The Morgan fingerprint density at radius 1 is 0.926 bits per heavy atom. The first-order valence-electron chi connectivity index (χ1n) is 11.1. The molecule has 154 valence electrons. The summed E-state index contributed by atoms with van der Waals surface area (Å²) in [6, 6.07) is 0. The molecule has 3 heteroatoms. The first kappa shape index (κ1) is 22.2. The minimum atomic E-state index is -0.893. The highest BCUT2D eigenvalue weighted by Gasteiger charge is 2.32. The maximum absolute atomic E-state index is 14.7. The van der Waals surface area contributed by atoms with Crippen LogP contribution < -0.4 is 0 Å². The molecule has 2 saturated carbocycles. The molecule has 0 aromatic carbocycles. The topological polar surface area (TPSA) is 9.23 Å². The van der Waals surface area contributed by atoms with E-state index in [-0.39, 0.29) is 11.7 Å². The molecule has 27 heavy (non-hydrogen) atoms. The fourth-order valence-corrected chi connectivity index (χ4v) is 4.92. The Hall–Kier alpha value is -1.12. The first-order chi connectivity index (χ1) is 13.0. The number of hydrogen-bond acceptors (Lipinski definition) is 1. The Morgan fingerprint density at radius 3 is 1.96 bits per heavy atom. The van der Waals surface area contributed by atoms with Crippen molar-refractivity contribution in [2.24, 2.45) is 23.7 Å². The van der Waals surface area contributed by atoms with E-state index < -0.39 is 11.7 Å². The monoisotopic (exact) mass is 380 g/mol. The van der Waals surface area contributed by atoms with Gasteiger partial charge in [-0.05, 0) is 87.2 Å². The summed E-state index contributed by atoms with van der Waals surface area (Å²) in [4.78, 5) is 0. The lowest BCUT2D eigenvalue weighted by Crippen LogP contribution is -2.26. The molecule has 1 nitrogen and oxygen atoms in total. The molecular weight excluding hydrogens is 342 g/mol. The van der Waals surface area contributed by atoms with E-state index in [0.717, 1.165) is 49.9 Å². The second-order valence-electron chi connectivity index (χ2n) is 8.46. The SMILES string of the molecule is C=C(/C(F)=C(F)\C(=C/C)OCCC)C1CCC(C2CCC(CC)CC2)CC1. The zero-order valence-electron chi connectivity index (χ0n) is 17.5. The molecule has 0 N–H and O–H groups in total. The number of halogens is 2. The van der Waals surface area contributed by atoms with Crippen LogP contribution in [0.3, 0.4) is 0 Å². The van der Waals surface area contributed by atoms with Gasteiger partial charge in [-0.2, -0.15) is 4.39 Å². The Labute approximate surface area is 164 Å². The van der Waals surface area contributed by atoms with Gasteiger partial charge in [-0.15, -0.1) is 0 Å². The molecule has 0 bridgehead atoms. The van der Waals surface area contributed by atoms with Gasteiger partial charge in [0, 0.05) is 0 Å². The van der Waals surface area contributed by atoms with Crippen LogP contribution in [0.15, 0.2) is 35.6 Å². The molecular formula is C24H38F2O. The highest BCUT2D eigenvalue weighted by molar-refractivity contribution is 5.35. The molecule has 0 unspecified atom stereocenters. The second-order valence-corrected chi connectivity index (χ2v) is 8.46. The van der Waals surface area contributed by atoms with Gasteiger partial charge < -0.3 is 4.74 Å². The number of hydrogen-bond donors (Lipinski definition) is 0. The van der Waals surface area contributed by atoms with E-state index >= 15 is 0 Å². The summed E-state index contributed by atoms with van der Waals surface area (Å²) < 4.78 is 34.5. The van der Waals surface area contributed by atoms with Gasteiger partial charge in [0.05, 0.1) is 6.61 Å². The summed E-state index contributed by atoms with van der Waals surface area (Å²) in [5.74, 6) is 0.886. The van der Waals surface area contributed by atoms with Crippen molar-refractivity contribution in [2.45, 2.75) is 85.0 Å². The van der Waals surface area contributed by atoms with Gasteiger partial charge in [0.2, 0.25) is 5.83 Å². The van der Waals surface area contributed by atoms with E-state index in [0.29, 0.717) is 12.2 Å². The molecule has 0 aromatic heterocycles. The third kappa shape index (κ3) is 5.93. The summed E-state index contributed by atoms with van der Waals surface area (Å²) >= 11 is 0. The fraction of sp³-hybridized carbons (Fsp3) is 0.750. The van der Waals surface area contributed by atoms with Crippen molar-refractivity contribution in [1.29, 1.82) is 0 Å². The van der Waals surface area contributed by atoms with Crippen LogP contribution in [-0.4, -0.2) is 6.61 Å². The fourth-order valence-electron chi connectivity index (χ4n) is 4.92. The van der Waals surface area contributed by atoms with Crippen molar-refractivity contribution >= 4 is 0 Å². The molecule has 0 amide bonds. The van der Waals surface area contributed by atoms with Crippen LogP contribution >= 0.6 is 0 Å². The Balaban J connectivity index is 1.89. The Kier molecular flexibility index (Phi) is 9.05. The normalized spacial score (nSPS) is 30.6. The van der Waals surface area contributed by atoms with Crippen LogP contribution in [0.1, 0.15) is 85.0 Å². The largest absolute Gasteiger partial charge is 0.491 e. The third-order valence-electron chi connectivity index (χ3n) is 6.81. The molecule has 0 heterocycles. The van der Waals surface area contributed by atoms with Gasteiger partial charge in [0.25, 0.3) is 0 Å². The van der Waals surface area contributed by atoms with Gasteiger partial charge in [0.15, 0.2) is 11.6 Å². The lowest BCUT2D eigenvalue weighted by molar-refractivity contribution is 0.152. The van der Waals surface area contributed by atoms with Gasteiger partial charge in [-0.1, -0.05) is 39.7 Å². The molecule has 2 fully saturated rings. The maximum Gasteiger partial charge on any atom is 0.200 e. The Morgan fingerprint density at radius 2 is 1.48 bits per heavy atom. The van der Waals surface area contributed by atoms with Gasteiger partial charge in [0.1, 0.15) is 0 Å². The molecule has 2 aliphatic rings. The summed E-state index contributed by atoms with van der Waals surface area (Å²) in [6.45, 7) is 10.2. The van der Waals surface area contributed by atoms with Crippen molar-refractivity contribution in [3.05, 3.63) is 35.6 Å². The molecule has 0 aliphatic heterocycles. The van der Waals surface area contributed by atoms with Crippen LogP contribution in [-0.2, 0) is 4.74 Å². The molecule has 0 atom stereocenters. The Bertz CT molecular complexity index is 533. The lowest BCUT2D eigenvalue weighted by Gasteiger charge is -2.38. The van der Waals surface area contributed by atoms with E-state index in [2.05, 4.69) is 13.5 Å². The van der Waals surface area contributed by atoms with Crippen LogP contribution in [0.4, 0.5) is 8.78 Å². The zero-order chi connectivity index (χ0) is 19.8. The van der Waals surface area contributed by atoms with Gasteiger partial charge in [-0.3, -0.25) is 0 Å². The maximum atomic E-state index is 14.7. The smallest absolute Gasteiger partial charge is 0.200 e. The van der Waals surface area contributed by atoms with E-state index in [4.69, 9.17) is 4.74 Å². The van der Waals surface area contributed by atoms with Gasteiger partial charge >= 0.3 is 0 Å². The summed E-state index contributed by atoms with van der Waals surface area (Å²) in [7, 11) is 0. The van der Waals surface area contributed by atoms with E-state index in [1.54, 1.807) is 6.92 Å². The van der Waals surface area contributed by atoms with Crippen molar-refractivity contribution < 1.29 is 13.5 Å². The number of allylic oxidation sites excluding steroid dienone is 4. The average molecular weight is 381 g/mol. The van der Waals surface area contributed by atoms with E-state index in [1.165, 1.54) is 38.2 Å². The molecule has 2 aliphatic carbocycles. The van der Waals surface area contributed by atoms with Crippen LogP contribution in [0.25, 0.3) is 0 Å². The van der Waals surface area contributed by atoms with Gasteiger partial charge in [-0.25, -0.2) is 4.39 Å². The standard InChI is InChI=1S/C24H38F2O/c1-5-16-27-22(7-3)24(26)23(25)17(4)19-12-14-21(15-13-19)20-10-8-18(6-2)9-11-20/h7,18-21H,4-6,8-16H2,1-3H3/b22-7+,24-23-. The van der Waals surface area contributed by atoms with Crippen molar-refractivity contribution in [3.8, 4) is 0 Å². The molecule has 0 aromatic rings. The molecule has 0 saturated heterocycles. The van der Waals surface area contributed by atoms with E-state index in [1.807, 2.05) is 6.92 Å². The average Bonchev–Trinajstić information content (AvgIpc) is 2.73. The van der Waals surface area contributed by atoms with Crippen LogP contribution in [0.2, 0.25) is 0 Å². The summed E-state index contributed by atoms with van der Waals surface area (Å²) in [5.41, 5.74) is 0.320. The highest BCUT2D eigenvalue weighted by atomic mass is 19.2. The van der Waals surface area contributed by atoms with Crippen molar-refractivity contribution in [1.82, 2.24) is 0 Å². The summed E-state index contributed by atoms with van der Waals surface area (Å²) in [6.07, 6.45) is 13.1. The minimum absolute atomic E-state index is 0.00290. The first-order valence-corrected chi connectivity index (χ1v) is 11.1. The van der Waals surface area contributed by atoms with E-state index in [9.17, 15) is 8.78 Å². The van der Waals surface area contributed by atoms with Crippen LogP contribution in [0, 0.1) is 23.7 Å². The highest BCUT2D eigenvalue weighted by Crippen LogP contribution is 2.44. The third-order valence-corrected chi connectivity index (χ3v) is 6.81. The predicted octanol–water partition coefficient (Wildman–Crippen LogP) is 8.05. The van der Waals surface area contributed by atoms with Crippen molar-refractivity contribution in [2.75, 3.05) is 6.61 Å². The lowest BCUT2D eigenvalue weighted by atomic mass is 9.68. The molecule has 0 radical (unpaired) electrons. The van der Waals surface area contributed by atoms with Crippen molar-refractivity contribution in [3.63, 3.8) is 0 Å². The second kappa shape index (κ2) is 11.0. The molecule has 2 rings (SSSR count).